The van der Waals surface area contributed by atoms with E-state index in [0.29, 0.717) is 6.54 Å². The molecule has 2 aromatic heterocycles. The number of aliphatic hydroxyl groups excluding tert-OH is 1. The molecule has 2 aliphatic rings. The molecule has 1 spiro atoms. The highest BCUT2D eigenvalue weighted by Gasteiger charge is 2.47. The Morgan fingerprint density at radius 2 is 1.97 bits per heavy atom. The van der Waals surface area contributed by atoms with Crippen LogP contribution in [0.4, 0.5) is 0 Å². The second-order valence-electron chi connectivity index (χ2n) is 10.2. The highest BCUT2D eigenvalue weighted by molar-refractivity contribution is 5.88. The van der Waals surface area contributed by atoms with Gasteiger partial charge in [0.2, 0.25) is 5.91 Å². The van der Waals surface area contributed by atoms with Crippen LogP contribution in [0, 0.1) is 0 Å². The van der Waals surface area contributed by atoms with Crippen molar-refractivity contribution in [1.82, 2.24) is 24.7 Å². The summed E-state index contributed by atoms with van der Waals surface area (Å²) in [5.41, 5.74) is 4.50. The average Bonchev–Trinajstić information content (AvgIpc) is 3.24. The Balaban J connectivity index is 1.55. The van der Waals surface area contributed by atoms with Gasteiger partial charge in [-0.25, -0.2) is 0 Å². The number of fused-ring (bicyclic) bond motifs is 4. The fraction of sp³-hybridized carbons (Fsp3) is 0.481. The highest BCUT2D eigenvalue weighted by atomic mass is 16.5. The monoisotopic (exact) mass is 477 g/mol. The number of carbonyl (C=O) groups excluding carboxylic acids is 1. The Morgan fingerprint density at radius 1 is 1.23 bits per heavy atom. The molecule has 0 aliphatic carbocycles. The molecule has 1 saturated heterocycles. The first-order valence-electron chi connectivity index (χ1n) is 12.3. The number of ether oxygens (including phenoxy) is 1. The number of hydrogen-bond donors (Lipinski definition) is 2. The Bertz CT molecular complexity index is 1180. The predicted molar refractivity (Wildman–Crippen MR) is 135 cm³/mol. The van der Waals surface area contributed by atoms with Gasteiger partial charge in [-0.15, -0.1) is 0 Å². The first kappa shape index (κ1) is 23.8. The number of rotatable bonds is 6. The van der Waals surface area contributed by atoms with Crippen molar-refractivity contribution in [2.75, 3.05) is 54.0 Å². The van der Waals surface area contributed by atoms with E-state index in [9.17, 15) is 9.90 Å². The molecule has 8 heteroatoms. The van der Waals surface area contributed by atoms with Crippen molar-refractivity contribution < 1.29 is 14.6 Å². The molecule has 1 fully saturated rings. The molecule has 5 rings (SSSR count). The van der Waals surface area contributed by atoms with Gasteiger partial charge in [0.15, 0.2) is 0 Å². The molecule has 0 bridgehead atoms. The van der Waals surface area contributed by atoms with Crippen molar-refractivity contribution in [2.24, 2.45) is 0 Å². The third kappa shape index (κ3) is 4.42. The average molecular weight is 478 g/mol. The van der Waals surface area contributed by atoms with Gasteiger partial charge in [0.1, 0.15) is 5.75 Å². The van der Waals surface area contributed by atoms with E-state index in [-0.39, 0.29) is 24.0 Å². The van der Waals surface area contributed by atoms with E-state index in [1.165, 1.54) is 16.5 Å². The largest absolute Gasteiger partial charge is 0.497 e. The maximum atomic E-state index is 12.8. The third-order valence-electron chi connectivity index (χ3n) is 7.68. The molecule has 1 atom stereocenters. The van der Waals surface area contributed by atoms with Crippen LogP contribution in [0.25, 0.3) is 10.9 Å². The van der Waals surface area contributed by atoms with E-state index in [4.69, 9.17) is 4.74 Å². The summed E-state index contributed by atoms with van der Waals surface area (Å²) in [7, 11) is 5.55. The molecular weight excluding hydrogens is 442 g/mol. The van der Waals surface area contributed by atoms with Crippen molar-refractivity contribution >= 4 is 16.8 Å². The molecule has 0 radical (unpaired) electrons. The number of nitrogens with zero attached hydrogens (tertiary/aromatic N) is 4. The quantitative estimate of drug-likeness (QED) is 0.568. The second-order valence-corrected chi connectivity index (χ2v) is 10.2. The minimum atomic E-state index is -0.129. The Labute approximate surface area is 206 Å². The van der Waals surface area contributed by atoms with Gasteiger partial charge in [-0.1, -0.05) is 0 Å². The first-order valence-corrected chi connectivity index (χ1v) is 12.3. The van der Waals surface area contributed by atoms with E-state index in [2.05, 4.69) is 20.9 Å². The van der Waals surface area contributed by atoms with Gasteiger partial charge in [0.25, 0.3) is 0 Å². The summed E-state index contributed by atoms with van der Waals surface area (Å²) >= 11 is 0. The molecule has 8 nitrogen and oxygen atoms in total. The maximum absolute atomic E-state index is 12.8. The van der Waals surface area contributed by atoms with Gasteiger partial charge >= 0.3 is 0 Å². The fourth-order valence-corrected chi connectivity index (χ4v) is 5.96. The number of pyridine rings is 1. The van der Waals surface area contributed by atoms with Crippen LogP contribution in [-0.4, -0.2) is 89.7 Å². The number of aromatic nitrogens is 2. The van der Waals surface area contributed by atoms with E-state index in [0.717, 1.165) is 56.0 Å². The molecule has 3 aromatic rings. The zero-order valence-corrected chi connectivity index (χ0v) is 20.8. The summed E-state index contributed by atoms with van der Waals surface area (Å²) in [4.78, 5) is 26.9. The van der Waals surface area contributed by atoms with Crippen LogP contribution in [-0.2, 0) is 16.8 Å². The van der Waals surface area contributed by atoms with E-state index in [1.807, 2.05) is 60.6 Å². The zero-order valence-electron chi connectivity index (χ0n) is 20.8. The lowest BCUT2D eigenvalue weighted by atomic mass is 9.68. The molecule has 2 N–H and O–H groups in total. The van der Waals surface area contributed by atoms with Crippen LogP contribution in [0.5, 0.6) is 5.75 Å². The predicted octanol–water partition coefficient (Wildman–Crippen LogP) is 2.54. The molecular formula is C27H35N5O3. The molecule has 1 amide bonds. The Kier molecular flexibility index (Phi) is 6.53. The number of aliphatic hydroxyl groups is 1. The SMILES string of the molecule is COc1ccc2c3c([nH]c2c1)[C@@H](CO)N(Cc1ccncc1)CC31CCN(C(=O)CN(C)C)CC1. The highest BCUT2D eigenvalue weighted by Crippen LogP contribution is 2.49. The van der Waals surface area contributed by atoms with E-state index < -0.39 is 0 Å². The van der Waals surface area contributed by atoms with Crippen molar-refractivity contribution in [2.45, 2.75) is 30.8 Å². The number of carbonyl (C=O) groups is 1. The standard InChI is InChI=1S/C27H35N5O3/c1-30(2)16-24(34)31-12-8-27(9-13-31)18-32(15-19-6-10-28-11-7-19)23(17-33)26-25(27)21-5-4-20(35-3)14-22(21)29-26/h4-7,10-11,14,23,29,33H,8-9,12-13,15-18H2,1-3H3/t23-/m1/s1. The zero-order chi connectivity index (χ0) is 24.6. The smallest absolute Gasteiger partial charge is 0.236 e. The van der Waals surface area contributed by atoms with Crippen LogP contribution < -0.4 is 4.74 Å². The molecule has 186 valence electrons. The molecule has 35 heavy (non-hydrogen) atoms. The number of hydrogen-bond acceptors (Lipinski definition) is 6. The van der Waals surface area contributed by atoms with Gasteiger partial charge in [-0.2, -0.15) is 0 Å². The topological polar surface area (TPSA) is 84.9 Å². The number of methoxy groups -OCH3 is 1. The van der Waals surface area contributed by atoms with Crippen molar-refractivity contribution in [3.8, 4) is 5.75 Å². The molecule has 4 heterocycles. The van der Waals surface area contributed by atoms with Gasteiger partial charge in [-0.05, 0) is 62.3 Å². The Hall–Kier alpha value is -2.94. The maximum Gasteiger partial charge on any atom is 0.236 e. The summed E-state index contributed by atoms with van der Waals surface area (Å²) in [6, 6.07) is 10.1. The summed E-state index contributed by atoms with van der Waals surface area (Å²) in [5, 5.41) is 11.7. The van der Waals surface area contributed by atoms with Gasteiger partial charge in [0, 0.05) is 66.7 Å². The van der Waals surface area contributed by atoms with Crippen LogP contribution in [0.3, 0.4) is 0 Å². The Morgan fingerprint density at radius 3 is 2.63 bits per heavy atom. The van der Waals surface area contributed by atoms with Crippen molar-refractivity contribution in [1.29, 1.82) is 0 Å². The van der Waals surface area contributed by atoms with Gasteiger partial charge in [-0.3, -0.25) is 14.7 Å². The summed E-state index contributed by atoms with van der Waals surface area (Å²) in [6.45, 7) is 3.51. The van der Waals surface area contributed by atoms with Gasteiger partial charge in [0.05, 0.1) is 26.3 Å². The van der Waals surface area contributed by atoms with E-state index >= 15 is 0 Å². The second kappa shape index (κ2) is 9.60. The van der Waals surface area contributed by atoms with Crippen LogP contribution in [0.2, 0.25) is 0 Å². The number of aromatic amines is 1. The molecule has 1 aromatic carbocycles. The molecule has 0 saturated carbocycles. The number of likely N-dealkylation sites (tertiary alicyclic amines) is 1. The first-order chi connectivity index (χ1) is 16.9. The van der Waals surface area contributed by atoms with Crippen LogP contribution in [0.1, 0.15) is 35.7 Å². The minimum absolute atomic E-state index is 0.0333. The van der Waals surface area contributed by atoms with E-state index in [1.54, 1.807) is 7.11 Å². The van der Waals surface area contributed by atoms with Crippen molar-refractivity contribution in [3.05, 3.63) is 59.5 Å². The van der Waals surface area contributed by atoms with Crippen LogP contribution in [0.15, 0.2) is 42.7 Å². The van der Waals surface area contributed by atoms with Gasteiger partial charge < -0.3 is 24.6 Å². The van der Waals surface area contributed by atoms with Crippen LogP contribution >= 0.6 is 0 Å². The number of likely N-dealkylation sites (N-methyl/N-ethyl adjacent to an activating group) is 1. The summed E-state index contributed by atoms with van der Waals surface area (Å²) in [6.07, 6.45) is 5.42. The normalized spacial score (nSPS) is 19.9. The summed E-state index contributed by atoms with van der Waals surface area (Å²) in [5.74, 6) is 0.995. The number of H-pyrrole nitrogens is 1. The van der Waals surface area contributed by atoms with Crippen molar-refractivity contribution in [3.63, 3.8) is 0 Å². The minimum Gasteiger partial charge on any atom is -0.497 e. The molecule has 2 aliphatic heterocycles. The number of nitrogens with one attached hydrogen (secondary N) is 1. The lowest BCUT2D eigenvalue weighted by Gasteiger charge is -2.50. The number of piperidine rings is 1. The number of amides is 1. The number of benzene rings is 1. The lowest BCUT2D eigenvalue weighted by molar-refractivity contribution is -0.133. The fourth-order valence-electron chi connectivity index (χ4n) is 5.96. The molecule has 0 unspecified atom stereocenters. The lowest BCUT2D eigenvalue weighted by Crippen LogP contribution is -2.55. The summed E-state index contributed by atoms with van der Waals surface area (Å²) < 4.78 is 5.48. The third-order valence-corrected chi connectivity index (χ3v) is 7.68.